The molecule has 1 saturated carbocycles. The summed E-state index contributed by atoms with van der Waals surface area (Å²) in [6.45, 7) is 0.693. The Morgan fingerprint density at radius 2 is 2.15 bits per heavy atom. The van der Waals surface area contributed by atoms with Gasteiger partial charge in [-0.3, -0.25) is 9.59 Å². The van der Waals surface area contributed by atoms with Crippen LogP contribution >= 0.6 is 11.8 Å². The highest BCUT2D eigenvalue weighted by Gasteiger charge is 2.33. The summed E-state index contributed by atoms with van der Waals surface area (Å²) in [4.78, 5) is 23.6. The average molecular weight is 295 g/mol. The second kappa shape index (κ2) is 6.35. The summed E-state index contributed by atoms with van der Waals surface area (Å²) in [5.41, 5.74) is 5.89. The Kier molecular flexibility index (Phi) is 4.75. The fraction of sp³-hybridized carbons (Fsp3) is 0.571. The number of thioether (sulfide) groups is 1. The smallest absolute Gasteiger partial charge is 0.251 e. The molecule has 6 heteroatoms. The zero-order valence-corrected chi connectivity index (χ0v) is 12.5. The Hall–Kier alpha value is -1.43. The monoisotopic (exact) mass is 295 g/mol. The molecule has 1 aromatic rings. The summed E-state index contributed by atoms with van der Waals surface area (Å²) in [5.74, 6) is -0.141. The Morgan fingerprint density at radius 1 is 1.45 bits per heavy atom. The van der Waals surface area contributed by atoms with Gasteiger partial charge in [0.1, 0.15) is 6.54 Å². The van der Waals surface area contributed by atoms with Gasteiger partial charge < -0.3 is 15.6 Å². The number of nitrogens with one attached hydrogen (secondary N) is 1. The molecule has 0 radical (unpaired) electrons. The standard InChI is InChI=1S/C14H21N3O2S/c1-20-14(6-2-3-7-14)10-16-12(18)9-17-8-11(15)4-5-13(17)19/h4-5,8H,2-3,6-7,9-10,15H2,1H3,(H,16,18). The number of pyridine rings is 1. The predicted octanol–water partition coefficient (Wildman–Crippen LogP) is 1.22. The van der Waals surface area contributed by atoms with Crippen molar-refractivity contribution in [1.29, 1.82) is 0 Å². The van der Waals surface area contributed by atoms with Crippen LogP contribution < -0.4 is 16.6 Å². The minimum atomic E-state index is -0.213. The first-order valence-electron chi connectivity index (χ1n) is 6.82. The highest BCUT2D eigenvalue weighted by atomic mass is 32.2. The molecule has 20 heavy (non-hydrogen) atoms. The summed E-state index contributed by atoms with van der Waals surface area (Å²) in [6.07, 6.45) is 8.35. The average Bonchev–Trinajstić information content (AvgIpc) is 2.90. The van der Waals surface area contributed by atoms with Gasteiger partial charge in [0, 0.05) is 29.2 Å². The molecule has 0 bridgehead atoms. The molecule has 0 aliphatic heterocycles. The lowest BCUT2D eigenvalue weighted by atomic mass is 10.1. The van der Waals surface area contributed by atoms with Crippen molar-refractivity contribution in [2.75, 3.05) is 18.5 Å². The SMILES string of the molecule is CSC1(CNC(=O)Cn2cc(N)ccc2=O)CCCC1. The Balaban J connectivity index is 1.92. The molecule has 110 valence electrons. The van der Waals surface area contributed by atoms with Crippen LogP contribution in [-0.2, 0) is 11.3 Å². The third-order valence-corrected chi connectivity index (χ3v) is 5.29. The normalized spacial score (nSPS) is 17.1. The van der Waals surface area contributed by atoms with Crippen LogP contribution in [0.2, 0.25) is 0 Å². The molecular formula is C14H21N3O2S. The topological polar surface area (TPSA) is 77.1 Å². The highest BCUT2D eigenvalue weighted by Crippen LogP contribution is 2.39. The molecule has 1 heterocycles. The van der Waals surface area contributed by atoms with Crippen LogP contribution in [0.4, 0.5) is 5.69 Å². The van der Waals surface area contributed by atoms with Crippen molar-refractivity contribution in [3.63, 3.8) is 0 Å². The van der Waals surface area contributed by atoms with E-state index in [2.05, 4.69) is 11.6 Å². The van der Waals surface area contributed by atoms with Crippen molar-refractivity contribution in [3.05, 3.63) is 28.7 Å². The number of nitrogens with two attached hydrogens (primary N) is 1. The van der Waals surface area contributed by atoms with E-state index in [0.717, 1.165) is 12.8 Å². The van der Waals surface area contributed by atoms with Gasteiger partial charge in [0.25, 0.3) is 5.56 Å². The number of hydrogen-bond donors (Lipinski definition) is 2. The third-order valence-electron chi connectivity index (χ3n) is 3.88. The molecule has 0 unspecified atom stereocenters. The summed E-state index contributed by atoms with van der Waals surface area (Å²) in [6, 6.07) is 2.92. The number of anilines is 1. The van der Waals surface area contributed by atoms with Crippen molar-refractivity contribution in [2.24, 2.45) is 0 Å². The van der Waals surface area contributed by atoms with E-state index in [1.165, 1.54) is 35.7 Å². The Morgan fingerprint density at radius 3 is 2.80 bits per heavy atom. The predicted molar refractivity (Wildman–Crippen MR) is 82.8 cm³/mol. The summed E-state index contributed by atoms with van der Waals surface area (Å²) in [7, 11) is 0. The molecule has 5 nitrogen and oxygen atoms in total. The van der Waals surface area contributed by atoms with Crippen molar-refractivity contribution >= 4 is 23.4 Å². The fourth-order valence-electron chi connectivity index (χ4n) is 2.62. The van der Waals surface area contributed by atoms with Crippen molar-refractivity contribution in [1.82, 2.24) is 9.88 Å². The van der Waals surface area contributed by atoms with E-state index in [9.17, 15) is 9.59 Å². The van der Waals surface area contributed by atoms with E-state index in [0.29, 0.717) is 12.2 Å². The number of aromatic nitrogens is 1. The van der Waals surface area contributed by atoms with E-state index in [-0.39, 0.29) is 22.8 Å². The first-order valence-corrected chi connectivity index (χ1v) is 8.05. The summed E-state index contributed by atoms with van der Waals surface area (Å²) < 4.78 is 1.52. The first-order chi connectivity index (χ1) is 9.54. The maximum Gasteiger partial charge on any atom is 0.251 e. The quantitative estimate of drug-likeness (QED) is 0.856. The lowest BCUT2D eigenvalue weighted by Gasteiger charge is -2.26. The minimum absolute atomic E-state index is 0.0222. The molecule has 0 spiro atoms. The maximum absolute atomic E-state index is 12.0. The van der Waals surface area contributed by atoms with Crippen LogP contribution in [-0.4, -0.2) is 28.0 Å². The van der Waals surface area contributed by atoms with E-state index in [1.807, 2.05) is 11.8 Å². The second-order valence-corrected chi connectivity index (χ2v) is 6.57. The minimum Gasteiger partial charge on any atom is -0.398 e. The number of nitrogens with zero attached hydrogens (tertiary/aromatic N) is 1. The molecule has 1 aliphatic carbocycles. The molecule has 0 atom stereocenters. The van der Waals surface area contributed by atoms with Crippen LogP contribution in [0.25, 0.3) is 0 Å². The van der Waals surface area contributed by atoms with Gasteiger partial charge in [-0.25, -0.2) is 0 Å². The van der Waals surface area contributed by atoms with Gasteiger partial charge in [-0.15, -0.1) is 0 Å². The molecular weight excluding hydrogens is 274 g/mol. The van der Waals surface area contributed by atoms with Crippen LogP contribution in [0.5, 0.6) is 0 Å². The molecule has 1 fully saturated rings. The van der Waals surface area contributed by atoms with Crippen LogP contribution in [0.1, 0.15) is 25.7 Å². The second-order valence-electron chi connectivity index (χ2n) is 5.30. The Bertz CT molecular complexity index is 535. The van der Waals surface area contributed by atoms with Crippen molar-refractivity contribution in [3.8, 4) is 0 Å². The van der Waals surface area contributed by atoms with Gasteiger partial charge in [0.2, 0.25) is 5.91 Å². The van der Waals surface area contributed by atoms with E-state index in [1.54, 1.807) is 0 Å². The molecule has 0 aromatic carbocycles. The number of amides is 1. The summed E-state index contributed by atoms with van der Waals surface area (Å²) >= 11 is 1.83. The number of carbonyl (C=O) groups excluding carboxylic acids is 1. The number of nitrogen functional groups attached to an aromatic ring is 1. The molecule has 1 amide bonds. The van der Waals surface area contributed by atoms with Gasteiger partial charge >= 0.3 is 0 Å². The maximum atomic E-state index is 12.0. The largest absolute Gasteiger partial charge is 0.398 e. The zero-order valence-electron chi connectivity index (χ0n) is 11.7. The number of carbonyl (C=O) groups is 1. The lowest BCUT2D eigenvalue weighted by molar-refractivity contribution is -0.121. The zero-order chi connectivity index (χ0) is 14.6. The fourth-order valence-corrected chi connectivity index (χ4v) is 3.53. The van der Waals surface area contributed by atoms with Gasteiger partial charge in [0.15, 0.2) is 0 Å². The van der Waals surface area contributed by atoms with E-state index in [4.69, 9.17) is 5.73 Å². The number of rotatable bonds is 5. The van der Waals surface area contributed by atoms with Crippen molar-refractivity contribution in [2.45, 2.75) is 37.0 Å². The highest BCUT2D eigenvalue weighted by molar-refractivity contribution is 8.00. The van der Waals surface area contributed by atoms with Gasteiger partial charge in [-0.2, -0.15) is 11.8 Å². The third kappa shape index (κ3) is 3.56. The molecule has 3 N–H and O–H groups in total. The lowest BCUT2D eigenvalue weighted by Crippen LogP contribution is -2.40. The first kappa shape index (κ1) is 15.0. The van der Waals surface area contributed by atoms with Crippen LogP contribution in [0.15, 0.2) is 23.1 Å². The number of hydrogen-bond acceptors (Lipinski definition) is 4. The summed E-state index contributed by atoms with van der Waals surface area (Å²) in [5, 5.41) is 2.95. The molecule has 2 rings (SSSR count). The Labute approximate surface area is 122 Å². The van der Waals surface area contributed by atoms with E-state index < -0.39 is 0 Å². The molecule has 1 aliphatic rings. The van der Waals surface area contributed by atoms with Crippen molar-refractivity contribution < 1.29 is 4.79 Å². The van der Waals surface area contributed by atoms with Gasteiger partial charge in [0.05, 0.1) is 0 Å². The molecule has 0 saturated heterocycles. The van der Waals surface area contributed by atoms with Crippen LogP contribution in [0, 0.1) is 0 Å². The van der Waals surface area contributed by atoms with Crippen LogP contribution in [0.3, 0.4) is 0 Å². The van der Waals surface area contributed by atoms with Gasteiger partial charge in [-0.05, 0) is 25.2 Å². The van der Waals surface area contributed by atoms with E-state index >= 15 is 0 Å². The van der Waals surface area contributed by atoms with Gasteiger partial charge in [-0.1, -0.05) is 12.8 Å². The molecule has 1 aromatic heterocycles.